The maximum absolute atomic E-state index is 13.0. The average Bonchev–Trinajstić information content (AvgIpc) is 2.11. The zero-order valence-electron chi connectivity index (χ0n) is 6.28. The Labute approximate surface area is 78.8 Å². The lowest BCUT2D eigenvalue weighted by Gasteiger charge is -1.98. The highest BCUT2D eigenvalue weighted by Crippen LogP contribution is 2.26. The van der Waals surface area contributed by atoms with Crippen LogP contribution in [0.3, 0.4) is 0 Å². The molecular weight excluding hydrogens is 191 g/mol. The maximum atomic E-state index is 13.0. The van der Waals surface area contributed by atoms with E-state index in [1.807, 2.05) is 5.16 Å². The van der Waals surface area contributed by atoms with Crippen LogP contribution in [-0.2, 0) is 0 Å². The number of isothiocyanates is 1. The van der Waals surface area contributed by atoms with Crippen LogP contribution >= 0.6 is 12.2 Å². The van der Waals surface area contributed by atoms with Crippen molar-refractivity contribution in [1.82, 2.24) is 0 Å². The summed E-state index contributed by atoms with van der Waals surface area (Å²) in [6.07, 6.45) is 0. The van der Waals surface area contributed by atoms with E-state index in [2.05, 4.69) is 17.2 Å². The third-order valence-electron chi connectivity index (χ3n) is 1.35. The Kier molecular flexibility index (Phi) is 2.70. The summed E-state index contributed by atoms with van der Waals surface area (Å²) in [5.74, 6) is -1.04. The van der Waals surface area contributed by atoms with E-state index in [0.717, 1.165) is 12.1 Å². The van der Waals surface area contributed by atoms with Crippen molar-refractivity contribution >= 4 is 23.1 Å². The Hall–Kier alpha value is -1.76. The van der Waals surface area contributed by atoms with Crippen LogP contribution in [0.15, 0.2) is 17.1 Å². The van der Waals surface area contributed by atoms with Crippen LogP contribution in [0.25, 0.3) is 0 Å². The molecule has 0 fully saturated rings. The third-order valence-corrected chi connectivity index (χ3v) is 1.44. The molecule has 1 aromatic carbocycles. The van der Waals surface area contributed by atoms with Crippen LogP contribution in [0.5, 0.6) is 5.75 Å². The number of thiocarbonyl (C=S) groups is 1. The van der Waals surface area contributed by atoms with E-state index in [9.17, 15) is 4.39 Å². The fourth-order valence-electron chi connectivity index (χ4n) is 0.775. The summed E-state index contributed by atoms with van der Waals surface area (Å²) >= 11 is 4.27. The number of hydrogen-bond acceptors (Lipinski definition) is 4. The second-order valence-corrected chi connectivity index (χ2v) is 2.32. The van der Waals surface area contributed by atoms with Gasteiger partial charge in [0.1, 0.15) is 17.5 Å². The molecule has 3 nitrogen and oxygen atoms in total. The smallest absolute Gasteiger partial charge is 0.151 e. The van der Waals surface area contributed by atoms with Crippen molar-refractivity contribution in [2.75, 3.05) is 0 Å². The molecule has 0 saturated heterocycles. The van der Waals surface area contributed by atoms with E-state index in [1.165, 1.54) is 0 Å². The Morgan fingerprint density at radius 3 is 2.77 bits per heavy atom. The topological polar surface area (TPSA) is 56.4 Å². The molecule has 0 bridgehead atoms. The lowest BCUT2D eigenvalue weighted by atomic mass is 10.2. The summed E-state index contributed by atoms with van der Waals surface area (Å²) in [5.41, 5.74) is -0.271. The van der Waals surface area contributed by atoms with Gasteiger partial charge in [0.2, 0.25) is 0 Å². The van der Waals surface area contributed by atoms with Crippen LogP contribution in [0.2, 0.25) is 0 Å². The van der Waals surface area contributed by atoms with Crippen LogP contribution in [0.1, 0.15) is 5.56 Å². The molecule has 0 radical (unpaired) electrons. The summed E-state index contributed by atoms with van der Waals surface area (Å²) in [6.45, 7) is 0. The molecule has 0 saturated carbocycles. The van der Waals surface area contributed by atoms with E-state index in [1.54, 1.807) is 6.07 Å². The number of benzene rings is 1. The molecule has 1 aromatic rings. The van der Waals surface area contributed by atoms with Crippen molar-refractivity contribution in [3.05, 3.63) is 23.5 Å². The van der Waals surface area contributed by atoms with Gasteiger partial charge in [-0.1, -0.05) is 0 Å². The largest absolute Gasteiger partial charge is 0.506 e. The Balaban J connectivity index is 3.38. The standard InChI is InChI=1S/C8H3FN2OS/c9-6-1-5(3-10)8(12)2-7(6)11-4-13/h1-2,12H. The average molecular weight is 194 g/mol. The zero-order valence-corrected chi connectivity index (χ0v) is 7.10. The number of hydrogen-bond donors (Lipinski definition) is 1. The molecule has 0 aromatic heterocycles. The summed E-state index contributed by atoms with van der Waals surface area (Å²) in [7, 11) is 0. The molecule has 5 heteroatoms. The van der Waals surface area contributed by atoms with Gasteiger partial charge >= 0.3 is 0 Å². The number of aliphatic imine (C=N–C) groups is 1. The van der Waals surface area contributed by atoms with Gasteiger partial charge in [-0.25, -0.2) is 4.39 Å². The maximum Gasteiger partial charge on any atom is 0.151 e. The molecule has 64 valence electrons. The van der Waals surface area contributed by atoms with Crippen molar-refractivity contribution < 1.29 is 9.50 Å². The zero-order chi connectivity index (χ0) is 9.84. The molecule has 0 amide bonds. The van der Waals surface area contributed by atoms with E-state index >= 15 is 0 Å². The SMILES string of the molecule is N#Cc1cc(F)c(N=C=S)cc1O. The Morgan fingerprint density at radius 2 is 2.23 bits per heavy atom. The molecule has 13 heavy (non-hydrogen) atoms. The summed E-state index contributed by atoms with van der Waals surface area (Å²) in [6, 6.07) is 3.54. The molecular formula is C8H3FN2OS. The molecule has 0 atom stereocenters. The van der Waals surface area contributed by atoms with Crippen molar-refractivity contribution in [1.29, 1.82) is 5.26 Å². The fourth-order valence-corrected chi connectivity index (χ4v) is 0.874. The van der Waals surface area contributed by atoms with E-state index in [0.29, 0.717) is 0 Å². The molecule has 1 N–H and O–H groups in total. The van der Waals surface area contributed by atoms with Crippen LogP contribution in [0, 0.1) is 17.1 Å². The fraction of sp³-hybridized carbons (Fsp3) is 0. The van der Waals surface area contributed by atoms with Gasteiger partial charge in [0.05, 0.1) is 10.7 Å². The number of phenols is 1. The van der Waals surface area contributed by atoms with Gasteiger partial charge in [-0.3, -0.25) is 0 Å². The summed E-state index contributed by atoms with van der Waals surface area (Å²) in [4.78, 5) is 3.36. The second kappa shape index (κ2) is 3.76. The lowest BCUT2D eigenvalue weighted by molar-refractivity contribution is 0.471. The highest BCUT2D eigenvalue weighted by atomic mass is 32.1. The van der Waals surface area contributed by atoms with Crippen molar-refractivity contribution in [2.24, 2.45) is 4.99 Å². The number of nitriles is 1. The molecule has 0 heterocycles. The predicted molar refractivity (Wildman–Crippen MR) is 47.5 cm³/mol. The molecule has 0 aliphatic heterocycles. The highest BCUT2D eigenvalue weighted by molar-refractivity contribution is 7.78. The van der Waals surface area contributed by atoms with Gasteiger partial charge in [-0.15, -0.1) is 0 Å². The molecule has 1 rings (SSSR count). The van der Waals surface area contributed by atoms with Gasteiger partial charge in [-0.2, -0.15) is 10.3 Å². The Morgan fingerprint density at radius 1 is 1.54 bits per heavy atom. The first-order chi connectivity index (χ1) is 6.19. The monoisotopic (exact) mass is 194 g/mol. The molecule has 0 aliphatic carbocycles. The van der Waals surface area contributed by atoms with Crippen molar-refractivity contribution in [3.8, 4) is 11.8 Å². The first-order valence-electron chi connectivity index (χ1n) is 3.19. The van der Waals surface area contributed by atoms with Gasteiger partial charge in [0.25, 0.3) is 0 Å². The lowest BCUT2D eigenvalue weighted by Crippen LogP contribution is -1.81. The molecule has 0 aliphatic rings. The van der Waals surface area contributed by atoms with Gasteiger partial charge in [-0.05, 0) is 18.3 Å². The third kappa shape index (κ3) is 1.88. The number of halogens is 1. The number of rotatable bonds is 1. The highest BCUT2D eigenvalue weighted by Gasteiger charge is 2.07. The van der Waals surface area contributed by atoms with E-state index in [4.69, 9.17) is 10.4 Å². The summed E-state index contributed by atoms with van der Waals surface area (Å²) < 4.78 is 13.0. The number of aromatic hydroxyl groups is 1. The minimum atomic E-state index is -0.716. The number of phenolic OH excluding ortho intramolecular Hbond substituents is 1. The molecule has 0 unspecified atom stereocenters. The number of nitrogens with zero attached hydrogens (tertiary/aromatic N) is 2. The van der Waals surface area contributed by atoms with Gasteiger partial charge in [0.15, 0.2) is 5.82 Å². The van der Waals surface area contributed by atoms with Gasteiger partial charge < -0.3 is 5.11 Å². The minimum Gasteiger partial charge on any atom is -0.506 e. The van der Waals surface area contributed by atoms with Gasteiger partial charge in [0, 0.05) is 6.07 Å². The second-order valence-electron chi connectivity index (χ2n) is 2.14. The predicted octanol–water partition coefficient (Wildman–Crippen LogP) is 2.14. The first-order valence-corrected chi connectivity index (χ1v) is 3.60. The molecule has 0 spiro atoms. The van der Waals surface area contributed by atoms with Crippen LogP contribution in [-0.4, -0.2) is 10.3 Å². The Bertz CT molecular complexity index is 433. The van der Waals surface area contributed by atoms with Crippen LogP contribution in [0.4, 0.5) is 10.1 Å². The van der Waals surface area contributed by atoms with E-state index in [-0.39, 0.29) is 17.0 Å². The first kappa shape index (κ1) is 9.33. The van der Waals surface area contributed by atoms with Crippen molar-refractivity contribution in [2.45, 2.75) is 0 Å². The van der Waals surface area contributed by atoms with Crippen molar-refractivity contribution in [3.63, 3.8) is 0 Å². The van der Waals surface area contributed by atoms with E-state index < -0.39 is 5.82 Å². The quantitative estimate of drug-likeness (QED) is 0.550. The van der Waals surface area contributed by atoms with Crippen LogP contribution < -0.4 is 0 Å². The minimum absolute atomic E-state index is 0.133. The normalized spacial score (nSPS) is 8.62. The summed E-state index contributed by atoms with van der Waals surface area (Å²) in [5, 5.41) is 19.5.